The third-order valence-electron chi connectivity index (χ3n) is 3.95. The maximum absolute atomic E-state index is 11.3. The Morgan fingerprint density at radius 2 is 2.04 bits per heavy atom. The van der Waals surface area contributed by atoms with Gasteiger partial charge in [-0.1, -0.05) is 60.4 Å². The molecule has 0 aliphatic carbocycles. The Morgan fingerprint density at radius 1 is 1.23 bits per heavy atom. The van der Waals surface area contributed by atoms with Crippen molar-refractivity contribution in [2.75, 3.05) is 5.32 Å². The zero-order valence-electron chi connectivity index (χ0n) is 14.7. The van der Waals surface area contributed by atoms with E-state index in [0.29, 0.717) is 11.3 Å². The van der Waals surface area contributed by atoms with Gasteiger partial charge in [0, 0.05) is 17.0 Å². The molecule has 5 nitrogen and oxygen atoms in total. The quantitative estimate of drug-likeness (QED) is 0.584. The van der Waals surface area contributed by atoms with Crippen LogP contribution >= 0.6 is 23.1 Å². The van der Waals surface area contributed by atoms with E-state index < -0.39 is 5.91 Å². The van der Waals surface area contributed by atoms with Crippen LogP contribution in [0.15, 0.2) is 46.8 Å². The highest BCUT2D eigenvalue weighted by molar-refractivity contribution is 8.00. The molecule has 1 heterocycles. The van der Waals surface area contributed by atoms with E-state index in [0.717, 1.165) is 27.1 Å². The third-order valence-corrected chi connectivity index (χ3v) is 6.00. The minimum atomic E-state index is -0.413. The van der Waals surface area contributed by atoms with Crippen LogP contribution in [0.1, 0.15) is 34.0 Å². The number of aryl methyl sites for hydroxylation is 2. The molecule has 0 bridgehead atoms. The highest BCUT2D eigenvalue weighted by atomic mass is 32.2. The largest absolute Gasteiger partial charge is 0.366 e. The summed E-state index contributed by atoms with van der Waals surface area (Å²) in [5.74, 6) is 0.296. The molecule has 0 spiro atoms. The number of carbonyl (C=O) groups is 1. The Kier molecular flexibility index (Phi) is 5.90. The van der Waals surface area contributed by atoms with Crippen LogP contribution in [0, 0.1) is 6.92 Å². The molecule has 26 heavy (non-hydrogen) atoms. The number of amides is 1. The summed E-state index contributed by atoms with van der Waals surface area (Å²) >= 11 is 3.12. The molecule has 7 heteroatoms. The zero-order chi connectivity index (χ0) is 18.5. The highest BCUT2D eigenvalue weighted by Crippen LogP contribution is 2.32. The van der Waals surface area contributed by atoms with E-state index in [-0.39, 0.29) is 0 Å². The van der Waals surface area contributed by atoms with E-state index in [1.54, 1.807) is 17.8 Å². The predicted molar refractivity (Wildman–Crippen MR) is 108 cm³/mol. The van der Waals surface area contributed by atoms with Gasteiger partial charge < -0.3 is 11.1 Å². The normalized spacial score (nSPS) is 10.7. The lowest BCUT2D eigenvalue weighted by molar-refractivity contribution is 0.1000. The number of nitrogens with one attached hydrogen (secondary N) is 1. The van der Waals surface area contributed by atoms with Crippen LogP contribution in [0.2, 0.25) is 0 Å². The molecular formula is C19H20N4OS2. The smallest absolute Gasteiger partial charge is 0.248 e. The lowest BCUT2D eigenvalue weighted by Gasteiger charge is -2.11. The summed E-state index contributed by atoms with van der Waals surface area (Å²) in [5.41, 5.74) is 10.4. The number of primary amides is 1. The van der Waals surface area contributed by atoms with Gasteiger partial charge in [0.05, 0.1) is 0 Å². The Morgan fingerprint density at radius 3 is 2.81 bits per heavy atom. The van der Waals surface area contributed by atoms with Gasteiger partial charge in [0.1, 0.15) is 0 Å². The minimum absolute atomic E-state index is 0.413. The average Bonchev–Trinajstić information content (AvgIpc) is 3.09. The number of anilines is 2. The van der Waals surface area contributed by atoms with Crippen molar-refractivity contribution in [3.63, 3.8) is 0 Å². The van der Waals surface area contributed by atoms with Gasteiger partial charge in [-0.15, -0.1) is 10.2 Å². The molecule has 2 aromatic carbocycles. The van der Waals surface area contributed by atoms with Crippen LogP contribution < -0.4 is 11.1 Å². The number of rotatable bonds is 7. The van der Waals surface area contributed by atoms with Crippen molar-refractivity contribution in [1.29, 1.82) is 0 Å². The molecule has 0 radical (unpaired) electrons. The lowest BCUT2D eigenvalue weighted by atomic mass is 10.1. The van der Waals surface area contributed by atoms with Crippen LogP contribution in [0.4, 0.5) is 10.8 Å². The monoisotopic (exact) mass is 384 g/mol. The van der Waals surface area contributed by atoms with Crippen molar-refractivity contribution >= 4 is 39.8 Å². The van der Waals surface area contributed by atoms with E-state index in [4.69, 9.17) is 5.73 Å². The first kappa shape index (κ1) is 18.4. The van der Waals surface area contributed by atoms with Crippen LogP contribution in [0.25, 0.3) is 0 Å². The molecular weight excluding hydrogens is 364 g/mol. The van der Waals surface area contributed by atoms with E-state index >= 15 is 0 Å². The van der Waals surface area contributed by atoms with Crippen molar-refractivity contribution in [3.8, 4) is 0 Å². The molecule has 0 aliphatic heterocycles. The zero-order valence-corrected chi connectivity index (χ0v) is 16.3. The minimum Gasteiger partial charge on any atom is -0.366 e. The van der Waals surface area contributed by atoms with E-state index in [1.807, 2.05) is 18.2 Å². The Bertz CT molecular complexity index is 923. The lowest BCUT2D eigenvalue weighted by Crippen LogP contribution is -2.10. The van der Waals surface area contributed by atoms with Gasteiger partial charge in [0.25, 0.3) is 0 Å². The first-order valence-electron chi connectivity index (χ1n) is 8.27. The van der Waals surface area contributed by atoms with Gasteiger partial charge in [-0.05, 0) is 42.2 Å². The molecule has 3 rings (SSSR count). The fourth-order valence-electron chi connectivity index (χ4n) is 2.59. The summed E-state index contributed by atoms with van der Waals surface area (Å²) in [5, 5.41) is 12.7. The molecule has 0 saturated heterocycles. The van der Waals surface area contributed by atoms with E-state index in [2.05, 4.69) is 47.6 Å². The maximum Gasteiger partial charge on any atom is 0.248 e. The third kappa shape index (κ3) is 4.42. The summed E-state index contributed by atoms with van der Waals surface area (Å²) < 4.78 is 0.878. The summed E-state index contributed by atoms with van der Waals surface area (Å²) in [6.45, 7) is 4.23. The molecule has 0 aliphatic rings. The van der Waals surface area contributed by atoms with Crippen molar-refractivity contribution in [1.82, 2.24) is 10.2 Å². The Balaban J connectivity index is 1.67. The van der Waals surface area contributed by atoms with Gasteiger partial charge in [0.15, 0.2) is 4.34 Å². The fraction of sp³-hybridized carbons (Fsp3) is 0.211. The van der Waals surface area contributed by atoms with Crippen LogP contribution in [0.5, 0.6) is 0 Å². The summed E-state index contributed by atoms with van der Waals surface area (Å²) in [6.07, 6.45) is 0.959. The number of nitrogens with zero attached hydrogens (tertiary/aromatic N) is 2. The summed E-state index contributed by atoms with van der Waals surface area (Å²) in [7, 11) is 0. The number of nitrogens with two attached hydrogens (primary N) is 1. The second-order valence-corrected chi connectivity index (χ2v) is 8.01. The number of hydrogen-bond donors (Lipinski definition) is 2. The fourth-order valence-corrected chi connectivity index (χ4v) is 4.29. The van der Waals surface area contributed by atoms with Crippen molar-refractivity contribution in [2.24, 2.45) is 5.73 Å². The average molecular weight is 385 g/mol. The Hall–Kier alpha value is -2.38. The standard InChI is InChI=1S/C19H20N4OS2/c1-3-14-8-4-6-12(2)16(14)21-18-22-23-19(26-18)25-11-13-7-5-9-15(10-13)17(20)24/h4-10H,3,11H2,1-2H3,(H2,20,24)(H,21,22). The maximum atomic E-state index is 11.3. The van der Waals surface area contributed by atoms with E-state index in [9.17, 15) is 4.79 Å². The first-order chi connectivity index (χ1) is 12.6. The molecule has 0 saturated carbocycles. The number of benzene rings is 2. The molecule has 0 unspecified atom stereocenters. The van der Waals surface area contributed by atoms with Crippen LogP contribution in [-0.2, 0) is 12.2 Å². The predicted octanol–water partition coefficient (Wildman–Crippen LogP) is 4.54. The van der Waals surface area contributed by atoms with Gasteiger partial charge >= 0.3 is 0 Å². The molecule has 1 aromatic heterocycles. The number of aromatic nitrogens is 2. The topological polar surface area (TPSA) is 80.9 Å². The molecule has 3 N–H and O–H groups in total. The summed E-state index contributed by atoms with van der Waals surface area (Å²) in [6, 6.07) is 13.6. The Labute approximate surface area is 161 Å². The van der Waals surface area contributed by atoms with Gasteiger partial charge in [-0.25, -0.2) is 0 Å². The SMILES string of the molecule is CCc1cccc(C)c1Nc1nnc(SCc2cccc(C(N)=O)c2)s1. The highest BCUT2D eigenvalue weighted by Gasteiger charge is 2.10. The van der Waals surface area contributed by atoms with E-state index in [1.165, 1.54) is 22.5 Å². The second-order valence-electron chi connectivity index (χ2n) is 5.81. The summed E-state index contributed by atoms with van der Waals surface area (Å²) in [4.78, 5) is 11.3. The van der Waals surface area contributed by atoms with Gasteiger partial charge in [-0.2, -0.15) is 0 Å². The van der Waals surface area contributed by atoms with Crippen molar-refractivity contribution < 1.29 is 4.79 Å². The van der Waals surface area contributed by atoms with Crippen LogP contribution in [0.3, 0.4) is 0 Å². The molecule has 0 fully saturated rings. The van der Waals surface area contributed by atoms with Gasteiger partial charge in [-0.3, -0.25) is 4.79 Å². The second kappa shape index (κ2) is 8.33. The number of thioether (sulfide) groups is 1. The van der Waals surface area contributed by atoms with Gasteiger partial charge in [0.2, 0.25) is 11.0 Å². The van der Waals surface area contributed by atoms with Crippen LogP contribution in [-0.4, -0.2) is 16.1 Å². The molecule has 1 amide bonds. The number of para-hydroxylation sites is 1. The number of carbonyl (C=O) groups excluding carboxylic acids is 1. The first-order valence-corrected chi connectivity index (χ1v) is 10.1. The molecule has 3 aromatic rings. The molecule has 0 atom stereocenters. The number of hydrogen-bond acceptors (Lipinski definition) is 6. The molecule has 134 valence electrons. The van der Waals surface area contributed by atoms with Crippen molar-refractivity contribution in [3.05, 3.63) is 64.7 Å². The van der Waals surface area contributed by atoms with Crippen molar-refractivity contribution in [2.45, 2.75) is 30.4 Å².